The highest BCUT2D eigenvalue weighted by Gasteiger charge is 2.20. The molecular formula is C23H23NO8. The van der Waals surface area contributed by atoms with Crippen molar-refractivity contribution in [3.63, 3.8) is 0 Å². The van der Waals surface area contributed by atoms with Crippen molar-refractivity contribution in [3.05, 3.63) is 46.6 Å². The number of ether oxygens (including phenoxy) is 3. The van der Waals surface area contributed by atoms with Crippen LogP contribution in [0.15, 0.2) is 45.6 Å². The van der Waals surface area contributed by atoms with Crippen LogP contribution >= 0.6 is 0 Å². The summed E-state index contributed by atoms with van der Waals surface area (Å²) >= 11 is 0. The van der Waals surface area contributed by atoms with Gasteiger partial charge in [0.25, 0.3) is 5.91 Å². The Bertz CT molecular complexity index is 1200. The number of aromatic hydroxyl groups is 1. The SMILES string of the molecule is COc1ccc(-c2cc(=O)c3c(O)cc(OCC(=O)NO)cc3o2)cc1OC1CCCC1. The average molecular weight is 441 g/mol. The number of amides is 1. The second-order valence-electron chi connectivity index (χ2n) is 7.50. The summed E-state index contributed by atoms with van der Waals surface area (Å²) < 4.78 is 22.6. The van der Waals surface area contributed by atoms with E-state index in [0.717, 1.165) is 25.7 Å². The molecule has 0 aliphatic heterocycles. The molecule has 1 fully saturated rings. The maximum absolute atomic E-state index is 12.7. The monoisotopic (exact) mass is 441 g/mol. The molecule has 3 aromatic rings. The van der Waals surface area contributed by atoms with Crippen LogP contribution in [0.2, 0.25) is 0 Å². The predicted octanol–water partition coefficient (Wildman–Crippen LogP) is 3.38. The number of benzene rings is 2. The van der Waals surface area contributed by atoms with Gasteiger partial charge in [0.15, 0.2) is 23.5 Å². The van der Waals surface area contributed by atoms with E-state index in [-0.39, 0.29) is 34.3 Å². The van der Waals surface area contributed by atoms with Gasteiger partial charge in [-0.25, -0.2) is 5.48 Å². The van der Waals surface area contributed by atoms with Crippen molar-refractivity contribution in [3.8, 4) is 34.3 Å². The highest BCUT2D eigenvalue weighted by atomic mass is 16.5. The van der Waals surface area contributed by atoms with Crippen molar-refractivity contribution in [1.29, 1.82) is 0 Å². The first-order valence-electron chi connectivity index (χ1n) is 10.2. The Kier molecular flexibility index (Phi) is 6.18. The molecule has 4 rings (SSSR count). The fourth-order valence-corrected chi connectivity index (χ4v) is 3.76. The molecule has 2 aromatic carbocycles. The number of methoxy groups -OCH3 is 1. The molecule has 3 N–H and O–H groups in total. The fourth-order valence-electron chi connectivity index (χ4n) is 3.76. The summed E-state index contributed by atoms with van der Waals surface area (Å²) in [7, 11) is 1.56. The first-order valence-corrected chi connectivity index (χ1v) is 10.2. The van der Waals surface area contributed by atoms with E-state index in [0.29, 0.717) is 17.1 Å². The number of hydroxylamine groups is 1. The van der Waals surface area contributed by atoms with Gasteiger partial charge in [0.05, 0.1) is 13.2 Å². The van der Waals surface area contributed by atoms with Crippen molar-refractivity contribution >= 4 is 16.9 Å². The lowest BCUT2D eigenvalue weighted by Crippen LogP contribution is -2.25. The molecule has 0 spiro atoms. The minimum absolute atomic E-state index is 0.0105. The van der Waals surface area contributed by atoms with Crippen molar-refractivity contribution in [2.24, 2.45) is 0 Å². The van der Waals surface area contributed by atoms with Crippen molar-refractivity contribution in [2.75, 3.05) is 13.7 Å². The van der Waals surface area contributed by atoms with Crippen LogP contribution in [0.5, 0.6) is 23.0 Å². The van der Waals surface area contributed by atoms with Gasteiger partial charge in [-0.3, -0.25) is 14.8 Å². The zero-order chi connectivity index (χ0) is 22.7. The molecular weight excluding hydrogens is 418 g/mol. The van der Waals surface area contributed by atoms with E-state index in [1.807, 2.05) is 0 Å². The van der Waals surface area contributed by atoms with Crippen LogP contribution in [0, 0.1) is 0 Å². The number of hydrogen-bond donors (Lipinski definition) is 3. The summed E-state index contributed by atoms with van der Waals surface area (Å²) in [4.78, 5) is 23.9. The third-order valence-corrected chi connectivity index (χ3v) is 5.32. The molecule has 1 saturated carbocycles. The minimum Gasteiger partial charge on any atom is -0.507 e. The van der Waals surface area contributed by atoms with Gasteiger partial charge in [-0.05, 0) is 43.9 Å². The van der Waals surface area contributed by atoms with Crippen LogP contribution in [0.4, 0.5) is 0 Å². The van der Waals surface area contributed by atoms with Gasteiger partial charge in [0.1, 0.15) is 28.2 Å². The van der Waals surface area contributed by atoms with Gasteiger partial charge in [-0.15, -0.1) is 0 Å². The molecule has 9 heteroatoms. The number of phenols is 1. The summed E-state index contributed by atoms with van der Waals surface area (Å²) in [6.07, 6.45) is 4.33. The molecule has 32 heavy (non-hydrogen) atoms. The van der Waals surface area contributed by atoms with Gasteiger partial charge in [0, 0.05) is 23.8 Å². The molecule has 168 valence electrons. The normalized spacial score (nSPS) is 13.8. The minimum atomic E-state index is -0.771. The molecule has 0 bridgehead atoms. The first kappa shape index (κ1) is 21.5. The Morgan fingerprint density at radius 1 is 1.16 bits per heavy atom. The highest BCUT2D eigenvalue weighted by molar-refractivity contribution is 5.86. The second-order valence-corrected chi connectivity index (χ2v) is 7.50. The van der Waals surface area contributed by atoms with Crippen molar-refractivity contribution in [2.45, 2.75) is 31.8 Å². The number of rotatable bonds is 7. The number of carbonyl (C=O) groups is 1. The van der Waals surface area contributed by atoms with E-state index < -0.39 is 17.9 Å². The third kappa shape index (κ3) is 4.47. The van der Waals surface area contributed by atoms with Gasteiger partial charge in [-0.1, -0.05) is 0 Å². The number of hydrogen-bond acceptors (Lipinski definition) is 8. The predicted molar refractivity (Wildman–Crippen MR) is 114 cm³/mol. The molecule has 1 aliphatic rings. The highest BCUT2D eigenvalue weighted by Crippen LogP contribution is 2.37. The van der Waals surface area contributed by atoms with E-state index in [1.54, 1.807) is 25.3 Å². The number of fused-ring (bicyclic) bond motifs is 1. The summed E-state index contributed by atoms with van der Waals surface area (Å²) in [6, 6.07) is 9.13. The Morgan fingerprint density at radius 3 is 2.66 bits per heavy atom. The standard InChI is InChI=1S/C23H23NO8/c1-29-18-7-6-13(8-20(18)31-14-4-2-3-5-14)19-11-17(26)23-16(25)9-15(10-21(23)32-19)30-12-22(27)24-28/h6-11,14,25,28H,2-5,12H2,1H3,(H,24,27). The van der Waals surface area contributed by atoms with E-state index >= 15 is 0 Å². The number of nitrogens with one attached hydrogen (secondary N) is 1. The molecule has 9 nitrogen and oxygen atoms in total. The van der Waals surface area contributed by atoms with Gasteiger partial charge >= 0.3 is 0 Å². The van der Waals surface area contributed by atoms with Gasteiger partial charge in [0.2, 0.25) is 0 Å². The van der Waals surface area contributed by atoms with E-state index in [9.17, 15) is 14.7 Å². The summed E-state index contributed by atoms with van der Waals surface area (Å²) in [5, 5.41) is 18.8. The number of carbonyl (C=O) groups excluding carboxylic acids is 1. The first-order chi connectivity index (χ1) is 15.5. The van der Waals surface area contributed by atoms with Crippen LogP contribution in [-0.4, -0.2) is 36.0 Å². The summed E-state index contributed by atoms with van der Waals surface area (Å²) in [6.45, 7) is -0.480. The molecule has 0 radical (unpaired) electrons. The van der Waals surface area contributed by atoms with Crippen LogP contribution < -0.4 is 25.1 Å². The second kappa shape index (κ2) is 9.19. The van der Waals surface area contributed by atoms with Gasteiger partial charge in [-0.2, -0.15) is 0 Å². The van der Waals surface area contributed by atoms with Crippen molar-refractivity contribution in [1.82, 2.24) is 5.48 Å². The molecule has 1 aliphatic carbocycles. The molecule has 1 aromatic heterocycles. The van der Waals surface area contributed by atoms with Crippen LogP contribution in [0.25, 0.3) is 22.3 Å². The van der Waals surface area contributed by atoms with Crippen molar-refractivity contribution < 1.29 is 33.7 Å². The molecule has 1 heterocycles. The Hall–Kier alpha value is -3.72. The lowest BCUT2D eigenvalue weighted by atomic mass is 10.1. The average Bonchev–Trinajstić information content (AvgIpc) is 3.30. The van der Waals surface area contributed by atoms with E-state index in [2.05, 4.69) is 0 Å². The lowest BCUT2D eigenvalue weighted by molar-refractivity contribution is -0.131. The topological polar surface area (TPSA) is 127 Å². The maximum Gasteiger partial charge on any atom is 0.281 e. The Labute approximate surface area is 183 Å². The third-order valence-electron chi connectivity index (χ3n) is 5.32. The quantitative estimate of drug-likeness (QED) is 0.376. The smallest absolute Gasteiger partial charge is 0.281 e. The van der Waals surface area contributed by atoms with E-state index in [4.69, 9.17) is 23.8 Å². The molecule has 0 unspecified atom stereocenters. The van der Waals surface area contributed by atoms with Gasteiger partial charge < -0.3 is 23.7 Å². The zero-order valence-electron chi connectivity index (χ0n) is 17.4. The molecule has 0 saturated heterocycles. The van der Waals surface area contributed by atoms with Crippen LogP contribution in [0.1, 0.15) is 25.7 Å². The number of phenolic OH excluding ortho intramolecular Hbond substituents is 1. The molecule has 0 atom stereocenters. The molecule has 1 amide bonds. The van der Waals surface area contributed by atoms with E-state index in [1.165, 1.54) is 23.7 Å². The van der Waals surface area contributed by atoms with Crippen LogP contribution in [0.3, 0.4) is 0 Å². The lowest BCUT2D eigenvalue weighted by Gasteiger charge is -2.17. The zero-order valence-corrected chi connectivity index (χ0v) is 17.4. The summed E-state index contributed by atoms with van der Waals surface area (Å²) in [5.41, 5.74) is 1.69. The maximum atomic E-state index is 12.7. The largest absolute Gasteiger partial charge is 0.507 e. The Morgan fingerprint density at radius 2 is 1.94 bits per heavy atom. The Balaban J connectivity index is 1.72. The fraction of sp³-hybridized carbons (Fsp3) is 0.304. The van der Waals surface area contributed by atoms with Crippen LogP contribution in [-0.2, 0) is 4.79 Å². The summed E-state index contributed by atoms with van der Waals surface area (Å²) in [5.74, 6) is 0.397.